The van der Waals surface area contributed by atoms with E-state index in [1.807, 2.05) is 0 Å². The van der Waals surface area contributed by atoms with Gasteiger partial charge in [-0.2, -0.15) is 0 Å². The molecule has 0 spiro atoms. The third-order valence-corrected chi connectivity index (χ3v) is 5.22. The van der Waals surface area contributed by atoms with E-state index in [1.54, 1.807) is 0 Å². The zero-order chi connectivity index (χ0) is 14.5. The minimum Gasteiger partial charge on any atom is -0.329 e. The molecule has 0 radical (unpaired) electrons. The molecule has 112 valence electrons. The van der Waals surface area contributed by atoms with Crippen LogP contribution in [-0.4, -0.2) is 24.0 Å². The molecule has 1 aliphatic heterocycles. The van der Waals surface area contributed by atoms with Gasteiger partial charge in [-0.1, -0.05) is 47.8 Å². The van der Waals surface area contributed by atoms with Gasteiger partial charge >= 0.3 is 0 Å². The first-order valence-corrected chi connectivity index (χ1v) is 8.68. The number of rotatable bonds is 4. The van der Waals surface area contributed by atoms with Gasteiger partial charge in [0.05, 0.1) is 0 Å². The van der Waals surface area contributed by atoms with E-state index in [0.717, 1.165) is 0 Å². The summed E-state index contributed by atoms with van der Waals surface area (Å²) in [5.74, 6) is 0. The van der Waals surface area contributed by atoms with E-state index in [1.165, 1.54) is 54.2 Å². The van der Waals surface area contributed by atoms with Crippen LogP contribution in [0.5, 0.6) is 0 Å². The van der Waals surface area contributed by atoms with Crippen molar-refractivity contribution in [2.75, 3.05) is 13.1 Å². The molecule has 2 rings (SSSR count). The van der Waals surface area contributed by atoms with Gasteiger partial charge in [-0.15, -0.1) is 0 Å². The van der Waals surface area contributed by atoms with Crippen molar-refractivity contribution in [1.29, 1.82) is 0 Å². The number of aryl methyl sites for hydroxylation is 1. The minimum absolute atomic E-state index is 0.341. The average Bonchev–Trinajstić information content (AvgIpc) is 2.67. The van der Waals surface area contributed by atoms with Crippen LogP contribution >= 0.6 is 15.9 Å². The normalized spacial score (nSPS) is 22.5. The Hall–Kier alpha value is -0.380. The van der Waals surface area contributed by atoms with E-state index < -0.39 is 0 Å². The van der Waals surface area contributed by atoms with Crippen molar-refractivity contribution in [2.45, 2.75) is 58.0 Å². The number of hydrogen-bond donors (Lipinski definition) is 1. The fourth-order valence-corrected chi connectivity index (χ4v) is 4.15. The first-order valence-electron chi connectivity index (χ1n) is 7.89. The number of benzene rings is 1. The summed E-state index contributed by atoms with van der Waals surface area (Å²) in [6, 6.07) is 7.67. The first kappa shape index (κ1) is 16.0. The molecule has 1 saturated heterocycles. The predicted molar refractivity (Wildman–Crippen MR) is 89.9 cm³/mol. The van der Waals surface area contributed by atoms with Crippen molar-refractivity contribution in [3.05, 3.63) is 33.8 Å². The Balaban J connectivity index is 2.29. The van der Waals surface area contributed by atoms with E-state index in [4.69, 9.17) is 5.73 Å². The molecule has 0 bridgehead atoms. The van der Waals surface area contributed by atoms with Gasteiger partial charge in [0.25, 0.3) is 0 Å². The van der Waals surface area contributed by atoms with E-state index in [9.17, 15) is 0 Å². The van der Waals surface area contributed by atoms with Gasteiger partial charge < -0.3 is 5.73 Å². The monoisotopic (exact) mass is 338 g/mol. The van der Waals surface area contributed by atoms with E-state index in [0.29, 0.717) is 18.6 Å². The van der Waals surface area contributed by atoms with Gasteiger partial charge in [0, 0.05) is 23.1 Å². The van der Waals surface area contributed by atoms with Gasteiger partial charge in [-0.05, 0) is 49.9 Å². The highest BCUT2D eigenvalue weighted by Gasteiger charge is 2.27. The SMILES string of the molecule is CCC1CCCCCN1C(CN)c1ccc(C)cc1Br. The van der Waals surface area contributed by atoms with Gasteiger partial charge in [-0.3, -0.25) is 4.90 Å². The molecule has 20 heavy (non-hydrogen) atoms. The number of likely N-dealkylation sites (tertiary alicyclic amines) is 1. The lowest BCUT2D eigenvalue weighted by Gasteiger charge is -2.37. The van der Waals surface area contributed by atoms with Crippen molar-refractivity contribution < 1.29 is 0 Å². The second kappa shape index (κ2) is 7.58. The molecule has 2 nitrogen and oxygen atoms in total. The highest BCUT2D eigenvalue weighted by atomic mass is 79.9. The number of halogens is 1. The third kappa shape index (κ3) is 3.63. The predicted octanol–water partition coefficient (Wildman–Crippen LogP) is 4.41. The largest absolute Gasteiger partial charge is 0.329 e. The van der Waals surface area contributed by atoms with Gasteiger partial charge in [-0.25, -0.2) is 0 Å². The molecule has 1 fully saturated rings. The van der Waals surface area contributed by atoms with Crippen LogP contribution in [0.25, 0.3) is 0 Å². The topological polar surface area (TPSA) is 29.3 Å². The van der Waals surface area contributed by atoms with E-state index >= 15 is 0 Å². The maximum atomic E-state index is 6.15. The summed E-state index contributed by atoms with van der Waals surface area (Å²) in [6.07, 6.45) is 6.56. The number of hydrogen-bond acceptors (Lipinski definition) is 2. The van der Waals surface area contributed by atoms with Crippen molar-refractivity contribution in [2.24, 2.45) is 5.73 Å². The summed E-state index contributed by atoms with van der Waals surface area (Å²) >= 11 is 3.73. The molecule has 1 aromatic rings. The summed E-state index contributed by atoms with van der Waals surface area (Å²) in [5, 5.41) is 0. The highest BCUT2D eigenvalue weighted by Crippen LogP contribution is 2.33. The second-order valence-corrected chi connectivity index (χ2v) is 6.78. The molecule has 1 aromatic carbocycles. The molecule has 1 heterocycles. The molecule has 0 aliphatic carbocycles. The van der Waals surface area contributed by atoms with Crippen LogP contribution in [0.2, 0.25) is 0 Å². The summed E-state index contributed by atoms with van der Waals surface area (Å²) in [5.41, 5.74) is 8.78. The molecule has 0 saturated carbocycles. The van der Waals surface area contributed by atoms with Gasteiger partial charge in [0.2, 0.25) is 0 Å². The van der Waals surface area contributed by atoms with Crippen molar-refractivity contribution in [3.63, 3.8) is 0 Å². The lowest BCUT2D eigenvalue weighted by atomic mass is 10.00. The average molecular weight is 339 g/mol. The van der Waals surface area contributed by atoms with Crippen molar-refractivity contribution in [1.82, 2.24) is 4.90 Å². The summed E-state index contributed by atoms with van der Waals surface area (Å²) in [7, 11) is 0. The number of nitrogens with two attached hydrogens (primary N) is 1. The summed E-state index contributed by atoms with van der Waals surface area (Å²) < 4.78 is 1.20. The highest BCUT2D eigenvalue weighted by molar-refractivity contribution is 9.10. The van der Waals surface area contributed by atoms with Crippen LogP contribution < -0.4 is 5.73 Å². The second-order valence-electron chi connectivity index (χ2n) is 5.93. The molecule has 1 aliphatic rings. The van der Waals surface area contributed by atoms with Crippen LogP contribution in [-0.2, 0) is 0 Å². The quantitative estimate of drug-likeness (QED) is 0.880. The Morgan fingerprint density at radius 1 is 1.35 bits per heavy atom. The summed E-state index contributed by atoms with van der Waals surface area (Å²) in [4.78, 5) is 2.66. The standard InChI is InChI=1S/C17H27BrN2/c1-3-14-7-5-4-6-10-20(14)17(12-19)15-9-8-13(2)11-16(15)18/h8-9,11,14,17H,3-7,10,12,19H2,1-2H3. The van der Waals surface area contributed by atoms with Crippen LogP contribution in [0.3, 0.4) is 0 Å². The fraction of sp³-hybridized carbons (Fsp3) is 0.647. The van der Waals surface area contributed by atoms with Gasteiger partial charge in [0.1, 0.15) is 0 Å². The fourth-order valence-electron chi connectivity index (χ4n) is 3.39. The van der Waals surface area contributed by atoms with Crippen LogP contribution in [0.1, 0.15) is 56.2 Å². The molecule has 2 N–H and O–H groups in total. The maximum absolute atomic E-state index is 6.15. The zero-order valence-corrected chi connectivity index (χ0v) is 14.3. The Morgan fingerprint density at radius 2 is 2.15 bits per heavy atom. The number of nitrogens with zero attached hydrogens (tertiary/aromatic N) is 1. The lowest BCUT2D eigenvalue weighted by Crippen LogP contribution is -2.41. The van der Waals surface area contributed by atoms with Crippen LogP contribution in [0, 0.1) is 6.92 Å². The smallest absolute Gasteiger partial charge is 0.0484 e. The first-order chi connectivity index (χ1) is 9.67. The Labute approximate surface area is 131 Å². The van der Waals surface area contributed by atoms with Crippen molar-refractivity contribution >= 4 is 15.9 Å². The third-order valence-electron chi connectivity index (χ3n) is 4.53. The van der Waals surface area contributed by atoms with Gasteiger partial charge in [0.15, 0.2) is 0 Å². The zero-order valence-electron chi connectivity index (χ0n) is 12.7. The molecule has 0 aromatic heterocycles. The molecule has 0 amide bonds. The lowest BCUT2D eigenvalue weighted by molar-refractivity contribution is 0.135. The Kier molecular flexibility index (Phi) is 6.06. The molecule has 3 heteroatoms. The Morgan fingerprint density at radius 3 is 2.80 bits per heavy atom. The molecular formula is C17H27BrN2. The Bertz CT molecular complexity index is 433. The molecule has 2 unspecified atom stereocenters. The van der Waals surface area contributed by atoms with Crippen molar-refractivity contribution in [3.8, 4) is 0 Å². The van der Waals surface area contributed by atoms with Crippen LogP contribution in [0.15, 0.2) is 22.7 Å². The minimum atomic E-state index is 0.341. The molecular weight excluding hydrogens is 312 g/mol. The maximum Gasteiger partial charge on any atom is 0.0484 e. The summed E-state index contributed by atoms with van der Waals surface area (Å²) in [6.45, 7) is 6.31. The molecule has 2 atom stereocenters. The van der Waals surface area contributed by atoms with E-state index in [-0.39, 0.29) is 0 Å². The van der Waals surface area contributed by atoms with Crippen LogP contribution in [0.4, 0.5) is 0 Å². The van der Waals surface area contributed by atoms with E-state index in [2.05, 4.69) is 52.9 Å².